The van der Waals surface area contributed by atoms with Gasteiger partial charge in [0.05, 0.1) is 12.1 Å². The van der Waals surface area contributed by atoms with Crippen LogP contribution in [0, 0.1) is 12.7 Å². The summed E-state index contributed by atoms with van der Waals surface area (Å²) in [5.41, 5.74) is 1.84. The molecule has 3 aromatic heterocycles. The molecule has 0 aliphatic rings. The average Bonchev–Trinajstić information content (AvgIpc) is 2.98. The molecule has 0 aliphatic heterocycles. The van der Waals surface area contributed by atoms with Gasteiger partial charge >= 0.3 is 6.61 Å². The molecule has 25 heavy (non-hydrogen) atoms. The highest BCUT2D eigenvalue weighted by molar-refractivity contribution is 5.94. The number of hydrogen-bond acceptors (Lipinski definition) is 6. The summed E-state index contributed by atoms with van der Waals surface area (Å²) in [6, 6.07) is 2.53. The lowest BCUT2D eigenvalue weighted by molar-refractivity contribution is -0.0553. The van der Waals surface area contributed by atoms with Gasteiger partial charge in [-0.3, -0.25) is 4.79 Å². The van der Waals surface area contributed by atoms with Crippen molar-refractivity contribution in [3.8, 4) is 5.88 Å². The smallest absolute Gasteiger partial charge is 0.388 e. The largest absolute Gasteiger partial charge is 0.414 e. The number of halogens is 3. The lowest BCUT2D eigenvalue weighted by Gasteiger charge is -2.07. The number of carbonyl (C=O) groups excluding carboxylic acids is 1. The third-order valence-corrected chi connectivity index (χ3v) is 3.28. The molecule has 0 spiro atoms. The molecule has 0 saturated heterocycles. The van der Waals surface area contributed by atoms with E-state index in [0.29, 0.717) is 11.2 Å². The van der Waals surface area contributed by atoms with Crippen molar-refractivity contribution in [2.24, 2.45) is 0 Å². The molecule has 3 rings (SSSR count). The second-order valence-corrected chi connectivity index (χ2v) is 4.96. The SMILES string of the molecule is Cc1ccnn2nnc(CNC(=O)c3cnc(OC(F)F)c(F)c3)c12. The minimum Gasteiger partial charge on any atom is -0.414 e. The molecule has 11 heteroatoms. The molecule has 1 N–H and O–H groups in total. The number of rotatable bonds is 5. The maximum Gasteiger partial charge on any atom is 0.388 e. The first-order valence-electron chi connectivity index (χ1n) is 7.00. The Hall–Kier alpha value is -3.24. The molecule has 0 fully saturated rings. The van der Waals surface area contributed by atoms with Gasteiger partial charge in [-0.25, -0.2) is 9.37 Å². The predicted octanol–water partition coefficient (Wildman–Crippen LogP) is 1.50. The molecule has 130 valence electrons. The number of aryl methyl sites for hydroxylation is 1. The zero-order chi connectivity index (χ0) is 18.0. The van der Waals surface area contributed by atoms with Gasteiger partial charge in [-0.15, -0.1) is 9.73 Å². The van der Waals surface area contributed by atoms with Crippen molar-refractivity contribution in [2.45, 2.75) is 20.1 Å². The summed E-state index contributed by atoms with van der Waals surface area (Å²) in [7, 11) is 0. The Labute approximate surface area is 138 Å². The zero-order valence-electron chi connectivity index (χ0n) is 12.8. The van der Waals surface area contributed by atoms with E-state index in [1.807, 2.05) is 6.92 Å². The Morgan fingerprint density at radius 3 is 2.96 bits per heavy atom. The Bertz CT molecular complexity index is 930. The Morgan fingerprint density at radius 1 is 1.44 bits per heavy atom. The van der Waals surface area contributed by atoms with Crippen LogP contribution in [0.3, 0.4) is 0 Å². The summed E-state index contributed by atoms with van der Waals surface area (Å²) >= 11 is 0. The van der Waals surface area contributed by atoms with Gasteiger partial charge in [-0.2, -0.15) is 13.9 Å². The number of pyridine rings is 1. The van der Waals surface area contributed by atoms with Crippen LogP contribution < -0.4 is 10.1 Å². The highest BCUT2D eigenvalue weighted by atomic mass is 19.3. The molecule has 8 nitrogen and oxygen atoms in total. The molecular weight excluding hydrogens is 341 g/mol. The van der Waals surface area contributed by atoms with Gasteiger partial charge < -0.3 is 10.1 Å². The van der Waals surface area contributed by atoms with E-state index >= 15 is 0 Å². The molecule has 0 aromatic carbocycles. The third-order valence-electron chi connectivity index (χ3n) is 3.28. The van der Waals surface area contributed by atoms with Crippen molar-refractivity contribution >= 4 is 11.4 Å². The molecule has 3 heterocycles. The van der Waals surface area contributed by atoms with Crippen LogP contribution in [-0.4, -0.2) is 37.5 Å². The fraction of sp³-hybridized carbons (Fsp3) is 0.214. The molecule has 0 unspecified atom stereocenters. The van der Waals surface area contributed by atoms with Crippen LogP contribution in [0.5, 0.6) is 5.88 Å². The van der Waals surface area contributed by atoms with Crippen molar-refractivity contribution in [3.05, 3.63) is 47.2 Å². The summed E-state index contributed by atoms with van der Waals surface area (Å²) < 4.78 is 43.0. The number of aromatic nitrogens is 5. The minimum atomic E-state index is -3.21. The first-order chi connectivity index (χ1) is 12.0. The topological polar surface area (TPSA) is 94.3 Å². The quantitative estimate of drug-likeness (QED) is 0.748. The molecule has 1 amide bonds. The van der Waals surface area contributed by atoms with Gasteiger partial charge in [0.15, 0.2) is 5.82 Å². The van der Waals surface area contributed by atoms with Crippen LogP contribution in [0.2, 0.25) is 0 Å². The molecule has 0 radical (unpaired) electrons. The number of ether oxygens (including phenoxy) is 1. The Morgan fingerprint density at radius 2 is 2.24 bits per heavy atom. The number of hydrogen-bond donors (Lipinski definition) is 1. The standard InChI is InChI=1S/C14H11F3N6O2/c1-7-2-3-20-23-11(7)10(21-22-23)6-18-12(24)8-4-9(15)13(19-5-8)25-14(16)17/h2-5,14H,6H2,1H3,(H,18,24). The van der Waals surface area contributed by atoms with E-state index in [4.69, 9.17) is 0 Å². The first-order valence-corrected chi connectivity index (χ1v) is 7.00. The van der Waals surface area contributed by atoms with Crippen molar-refractivity contribution in [2.75, 3.05) is 0 Å². The fourth-order valence-electron chi connectivity index (χ4n) is 2.16. The molecular formula is C14H11F3N6O2. The second kappa shape index (κ2) is 6.71. The third kappa shape index (κ3) is 3.49. The lowest BCUT2D eigenvalue weighted by Crippen LogP contribution is -2.23. The van der Waals surface area contributed by atoms with Gasteiger partial charge in [0.1, 0.15) is 11.2 Å². The number of amides is 1. The molecule has 0 aliphatic carbocycles. The van der Waals surface area contributed by atoms with Gasteiger partial charge in [0, 0.05) is 12.4 Å². The summed E-state index contributed by atoms with van der Waals surface area (Å²) in [4.78, 5) is 15.4. The summed E-state index contributed by atoms with van der Waals surface area (Å²) in [6.07, 6.45) is 2.50. The average molecular weight is 352 g/mol. The van der Waals surface area contributed by atoms with Crippen molar-refractivity contribution < 1.29 is 22.7 Å². The van der Waals surface area contributed by atoms with Crippen molar-refractivity contribution in [3.63, 3.8) is 0 Å². The monoisotopic (exact) mass is 352 g/mol. The van der Waals surface area contributed by atoms with Crippen LogP contribution in [0.25, 0.3) is 5.52 Å². The van der Waals surface area contributed by atoms with E-state index in [-0.39, 0.29) is 12.1 Å². The normalized spacial score (nSPS) is 11.1. The van der Waals surface area contributed by atoms with Gasteiger partial charge in [0.2, 0.25) is 0 Å². The van der Waals surface area contributed by atoms with Crippen LogP contribution in [0.4, 0.5) is 13.2 Å². The second-order valence-electron chi connectivity index (χ2n) is 4.96. The highest BCUT2D eigenvalue weighted by Gasteiger charge is 2.16. The number of nitrogens with one attached hydrogen (secondary N) is 1. The van der Waals surface area contributed by atoms with E-state index < -0.39 is 24.2 Å². The van der Waals surface area contributed by atoms with E-state index in [9.17, 15) is 18.0 Å². The summed E-state index contributed by atoms with van der Waals surface area (Å²) in [5.74, 6) is -2.70. The number of fused-ring (bicyclic) bond motifs is 1. The van der Waals surface area contributed by atoms with Crippen molar-refractivity contribution in [1.29, 1.82) is 0 Å². The van der Waals surface area contributed by atoms with Crippen LogP contribution in [0.15, 0.2) is 24.5 Å². The maximum atomic E-state index is 13.6. The number of alkyl halides is 2. The van der Waals surface area contributed by atoms with Crippen molar-refractivity contribution in [1.82, 2.24) is 30.3 Å². The molecule has 0 bridgehead atoms. The van der Waals surface area contributed by atoms with E-state index in [0.717, 1.165) is 17.8 Å². The highest BCUT2D eigenvalue weighted by Crippen LogP contribution is 2.17. The maximum absolute atomic E-state index is 13.6. The summed E-state index contributed by atoms with van der Waals surface area (Å²) in [5, 5.41) is 14.3. The van der Waals surface area contributed by atoms with Gasteiger partial charge in [-0.05, 0) is 29.8 Å². The Balaban J connectivity index is 1.73. The Kier molecular flexibility index (Phi) is 4.46. The van der Waals surface area contributed by atoms with E-state index in [2.05, 4.69) is 30.4 Å². The van der Waals surface area contributed by atoms with Crippen LogP contribution in [0.1, 0.15) is 21.6 Å². The van der Waals surface area contributed by atoms with E-state index in [1.165, 1.54) is 4.63 Å². The first kappa shape index (κ1) is 16.6. The number of carbonyl (C=O) groups is 1. The van der Waals surface area contributed by atoms with Crippen LogP contribution in [-0.2, 0) is 6.54 Å². The minimum absolute atomic E-state index is 0.0196. The molecule has 0 saturated carbocycles. The number of nitrogens with zero attached hydrogens (tertiary/aromatic N) is 5. The zero-order valence-corrected chi connectivity index (χ0v) is 12.8. The molecule has 0 atom stereocenters. The van der Waals surface area contributed by atoms with Gasteiger partial charge in [0.25, 0.3) is 11.8 Å². The lowest BCUT2D eigenvalue weighted by atomic mass is 10.2. The predicted molar refractivity (Wildman–Crippen MR) is 77.5 cm³/mol. The summed E-state index contributed by atoms with van der Waals surface area (Å²) in [6.45, 7) is -1.35. The van der Waals surface area contributed by atoms with Gasteiger partial charge in [-0.1, -0.05) is 0 Å². The van der Waals surface area contributed by atoms with E-state index in [1.54, 1.807) is 12.3 Å². The molecule has 3 aromatic rings. The van der Waals surface area contributed by atoms with Crippen LogP contribution >= 0.6 is 0 Å². The fourth-order valence-corrected chi connectivity index (χ4v) is 2.16.